The van der Waals surface area contributed by atoms with Crippen LogP contribution in [0.2, 0.25) is 9.49 Å². The molecule has 6 nitrogen and oxygen atoms in total. The Balaban J connectivity index is 1.38. The number of piperazine rings is 1. The van der Waals surface area contributed by atoms with Gasteiger partial charge >= 0.3 is 0 Å². The lowest BCUT2D eigenvalue weighted by Crippen LogP contribution is -2.55. The summed E-state index contributed by atoms with van der Waals surface area (Å²) in [6.07, 6.45) is 6.69. The number of hydrogen-bond acceptors (Lipinski definition) is 4. The third-order valence-corrected chi connectivity index (χ3v) is 7.51. The molecule has 144 valence electrons. The van der Waals surface area contributed by atoms with Crippen LogP contribution < -0.4 is 0 Å². The van der Waals surface area contributed by atoms with Crippen LogP contribution in [0.15, 0.2) is 0 Å². The third kappa shape index (κ3) is 2.95. The maximum atomic E-state index is 13.0. The first kappa shape index (κ1) is 17.8. The molecule has 2 amide bonds. The van der Waals surface area contributed by atoms with E-state index in [1.165, 1.54) is 24.2 Å². The summed E-state index contributed by atoms with van der Waals surface area (Å²) in [5.74, 6) is 0.158. The summed E-state index contributed by atoms with van der Waals surface area (Å²) in [6, 6.07) is 0.347. The van der Waals surface area contributed by atoms with Gasteiger partial charge in [0.15, 0.2) is 10.7 Å². The summed E-state index contributed by atoms with van der Waals surface area (Å²) < 4.78 is 2.51. The molecule has 0 aromatic carbocycles. The van der Waals surface area contributed by atoms with E-state index in [9.17, 15) is 9.59 Å². The van der Waals surface area contributed by atoms with E-state index < -0.39 is 0 Å². The van der Waals surface area contributed by atoms with Crippen LogP contribution in [0.4, 0.5) is 0 Å². The van der Waals surface area contributed by atoms with Gasteiger partial charge in [0.2, 0.25) is 5.91 Å². The second-order valence-electron chi connectivity index (χ2n) is 7.66. The van der Waals surface area contributed by atoms with Gasteiger partial charge in [0, 0.05) is 25.0 Å². The minimum absolute atomic E-state index is 0.0281. The van der Waals surface area contributed by atoms with E-state index >= 15 is 0 Å². The van der Waals surface area contributed by atoms with Gasteiger partial charge < -0.3 is 9.80 Å². The highest BCUT2D eigenvalue weighted by Gasteiger charge is 2.36. The number of rotatable bonds is 3. The van der Waals surface area contributed by atoms with Gasteiger partial charge in [-0.15, -0.1) is 0 Å². The van der Waals surface area contributed by atoms with E-state index in [-0.39, 0.29) is 24.1 Å². The first-order valence-corrected chi connectivity index (χ1v) is 11.1. The standard InChI is InChI=1S/C18H20Cl2N4O2S/c19-15-13(21-18-24(15)14(10-5-6-10)16(20)27-18)17(26)22-7-8-23(12(25)9-22)11-3-1-2-4-11/h10-11H,1-9H2. The second kappa shape index (κ2) is 6.64. The van der Waals surface area contributed by atoms with Crippen molar-refractivity contribution in [3.8, 4) is 0 Å². The van der Waals surface area contributed by atoms with Gasteiger partial charge in [-0.2, -0.15) is 0 Å². The predicted molar refractivity (Wildman–Crippen MR) is 105 cm³/mol. The molecule has 5 rings (SSSR count). The fourth-order valence-corrected chi connectivity index (χ4v) is 6.06. The minimum atomic E-state index is -0.270. The Morgan fingerprint density at radius 2 is 1.85 bits per heavy atom. The fourth-order valence-electron chi connectivity index (χ4n) is 4.33. The normalized spacial score (nSPS) is 21.6. The Hall–Kier alpha value is -1.31. The molecule has 0 bridgehead atoms. The van der Waals surface area contributed by atoms with Crippen LogP contribution in [0.25, 0.3) is 4.96 Å². The van der Waals surface area contributed by atoms with Crippen LogP contribution >= 0.6 is 34.5 Å². The maximum absolute atomic E-state index is 13.0. The minimum Gasteiger partial charge on any atom is -0.336 e. The molecule has 2 saturated carbocycles. The monoisotopic (exact) mass is 426 g/mol. The van der Waals surface area contributed by atoms with Crippen molar-refractivity contribution in [2.75, 3.05) is 19.6 Å². The van der Waals surface area contributed by atoms with Gasteiger partial charge in [0.05, 0.1) is 5.69 Å². The van der Waals surface area contributed by atoms with Crippen molar-refractivity contribution in [1.82, 2.24) is 19.2 Å². The number of amides is 2. The lowest BCUT2D eigenvalue weighted by Gasteiger charge is -2.37. The lowest BCUT2D eigenvalue weighted by atomic mass is 10.1. The number of fused-ring (bicyclic) bond motifs is 1. The molecular formula is C18H20Cl2N4O2S. The molecule has 0 unspecified atom stereocenters. The summed E-state index contributed by atoms with van der Waals surface area (Å²) in [6.45, 7) is 1.22. The number of imidazole rings is 1. The van der Waals surface area contributed by atoms with Gasteiger partial charge in [-0.1, -0.05) is 47.4 Å². The van der Waals surface area contributed by atoms with E-state index in [1.807, 2.05) is 9.30 Å². The van der Waals surface area contributed by atoms with Crippen molar-refractivity contribution in [2.24, 2.45) is 0 Å². The summed E-state index contributed by atoms with van der Waals surface area (Å²) in [4.78, 5) is 34.2. The average Bonchev–Trinajstić information content (AvgIpc) is 3.09. The Labute approximate surface area is 171 Å². The van der Waals surface area contributed by atoms with Crippen LogP contribution in [0, 0.1) is 0 Å². The SMILES string of the molecule is O=C(c1nc2sc(Cl)c(C3CC3)n2c1Cl)N1CCN(C2CCCC2)C(=O)C1. The molecule has 2 aromatic rings. The molecule has 0 N–H and O–H groups in total. The molecule has 3 fully saturated rings. The van der Waals surface area contributed by atoms with Crippen molar-refractivity contribution in [3.05, 3.63) is 20.9 Å². The van der Waals surface area contributed by atoms with Crippen molar-refractivity contribution in [2.45, 2.75) is 50.5 Å². The summed E-state index contributed by atoms with van der Waals surface area (Å²) >= 11 is 14.2. The molecule has 2 aromatic heterocycles. The van der Waals surface area contributed by atoms with E-state index in [1.54, 1.807) is 4.90 Å². The second-order valence-corrected chi connectivity index (χ2v) is 9.59. The molecule has 2 aliphatic carbocycles. The molecule has 0 spiro atoms. The lowest BCUT2D eigenvalue weighted by molar-refractivity contribution is -0.137. The Bertz CT molecular complexity index is 930. The topological polar surface area (TPSA) is 57.9 Å². The smallest absolute Gasteiger partial charge is 0.276 e. The summed E-state index contributed by atoms with van der Waals surface area (Å²) in [7, 11) is 0. The zero-order valence-corrected chi connectivity index (χ0v) is 17.1. The van der Waals surface area contributed by atoms with E-state index in [0.717, 1.165) is 31.4 Å². The van der Waals surface area contributed by atoms with Crippen LogP contribution in [-0.4, -0.2) is 56.7 Å². The first-order valence-electron chi connectivity index (χ1n) is 9.49. The average molecular weight is 427 g/mol. The van der Waals surface area contributed by atoms with Crippen LogP contribution in [0.1, 0.15) is 60.6 Å². The highest BCUT2D eigenvalue weighted by molar-refractivity contribution is 7.21. The molecule has 27 heavy (non-hydrogen) atoms. The highest BCUT2D eigenvalue weighted by atomic mass is 35.5. The van der Waals surface area contributed by atoms with Gasteiger partial charge in [0.25, 0.3) is 5.91 Å². The molecule has 1 saturated heterocycles. The van der Waals surface area contributed by atoms with Crippen LogP contribution in [0.3, 0.4) is 0 Å². The number of aromatic nitrogens is 2. The maximum Gasteiger partial charge on any atom is 0.276 e. The van der Waals surface area contributed by atoms with Crippen molar-refractivity contribution >= 4 is 51.3 Å². The number of carbonyl (C=O) groups is 2. The quantitative estimate of drug-likeness (QED) is 0.749. The number of carbonyl (C=O) groups excluding carboxylic acids is 2. The van der Waals surface area contributed by atoms with Gasteiger partial charge in [-0.05, 0) is 25.7 Å². The molecule has 9 heteroatoms. The molecular weight excluding hydrogens is 407 g/mol. The zero-order chi connectivity index (χ0) is 18.7. The molecule has 0 radical (unpaired) electrons. The van der Waals surface area contributed by atoms with Gasteiger partial charge in [-0.25, -0.2) is 4.98 Å². The number of thiazole rings is 1. The Morgan fingerprint density at radius 1 is 1.11 bits per heavy atom. The van der Waals surface area contributed by atoms with E-state index in [0.29, 0.717) is 39.5 Å². The number of halogens is 2. The summed E-state index contributed by atoms with van der Waals surface area (Å²) in [5, 5.41) is 0.311. The van der Waals surface area contributed by atoms with Crippen molar-refractivity contribution < 1.29 is 9.59 Å². The zero-order valence-electron chi connectivity index (χ0n) is 14.8. The largest absolute Gasteiger partial charge is 0.336 e. The summed E-state index contributed by atoms with van der Waals surface area (Å²) in [5.41, 5.74) is 1.19. The third-order valence-electron chi connectivity index (χ3n) is 5.89. The fraction of sp³-hybridized carbons (Fsp3) is 0.611. The van der Waals surface area contributed by atoms with E-state index in [2.05, 4.69) is 4.98 Å². The van der Waals surface area contributed by atoms with Crippen molar-refractivity contribution in [1.29, 1.82) is 0 Å². The predicted octanol–water partition coefficient (Wildman–Crippen LogP) is 3.81. The highest BCUT2D eigenvalue weighted by Crippen LogP contribution is 2.47. The Morgan fingerprint density at radius 3 is 2.52 bits per heavy atom. The number of nitrogens with zero attached hydrogens (tertiary/aromatic N) is 4. The van der Waals surface area contributed by atoms with Crippen LogP contribution in [0.5, 0.6) is 0 Å². The van der Waals surface area contributed by atoms with Gasteiger partial charge in [0.1, 0.15) is 16.0 Å². The molecule has 1 aliphatic heterocycles. The Kier molecular flexibility index (Phi) is 4.37. The van der Waals surface area contributed by atoms with Crippen molar-refractivity contribution in [3.63, 3.8) is 0 Å². The number of hydrogen-bond donors (Lipinski definition) is 0. The molecule has 0 atom stereocenters. The van der Waals surface area contributed by atoms with Gasteiger partial charge in [-0.3, -0.25) is 14.0 Å². The van der Waals surface area contributed by atoms with E-state index in [4.69, 9.17) is 23.2 Å². The van der Waals surface area contributed by atoms with Crippen LogP contribution in [-0.2, 0) is 4.79 Å². The molecule has 3 heterocycles. The molecule has 3 aliphatic rings. The first-order chi connectivity index (χ1) is 13.0.